The van der Waals surface area contributed by atoms with Gasteiger partial charge in [-0.15, -0.1) is 0 Å². The molecule has 37 heavy (non-hydrogen) atoms. The maximum Gasteiger partial charge on any atom is 0.273 e. The van der Waals surface area contributed by atoms with Crippen molar-refractivity contribution in [3.63, 3.8) is 0 Å². The van der Waals surface area contributed by atoms with E-state index < -0.39 is 4.92 Å². The summed E-state index contributed by atoms with van der Waals surface area (Å²) in [6, 6.07) is 19.3. The average molecular weight is 506 g/mol. The number of nitrogens with one attached hydrogen (secondary N) is 1. The molecule has 1 fully saturated rings. The molecule has 1 atom stereocenters. The van der Waals surface area contributed by atoms with Crippen LogP contribution >= 0.6 is 0 Å². The minimum atomic E-state index is -0.470. The maximum absolute atomic E-state index is 13.3. The fraction of sp³-hybridized carbons (Fsp3) is 0.321. The molecular weight excluding hydrogens is 473 g/mol. The van der Waals surface area contributed by atoms with E-state index in [2.05, 4.69) is 39.4 Å². The summed E-state index contributed by atoms with van der Waals surface area (Å²) in [5.41, 5.74) is 3.74. The molecule has 0 aliphatic carbocycles. The highest BCUT2D eigenvalue weighted by Crippen LogP contribution is 2.27. The topological polar surface area (TPSA) is 82.0 Å². The monoisotopic (exact) mass is 505 g/mol. The maximum atomic E-state index is 13.3. The number of nitrogens with zero attached hydrogens (tertiary/aromatic N) is 4. The van der Waals surface area contributed by atoms with Crippen molar-refractivity contribution in [3.8, 4) is 0 Å². The second kappa shape index (κ2) is 11.4. The Morgan fingerprint density at radius 2 is 1.68 bits per heavy atom. The van der Waals surface area contributed by atoms with Crippen LogP contribution in [0.15, 0.2) is 66.7 Å². The molecule has 0 spiro atoms. The molecule has 1 saturated heterocycles. The third-order valence-corrected chi connectivity index (χ3v) is 6.94. The summed E-state index contributed by atoms with van der Waals surface area (Å²) in [4.78, 5) is 30.5. The van der Waals surface area contributed by atoms with E-state index in [4.69, 9.17) is 0 Å². The summed E-state index contributed by atoms with van der Waals surface area (Å²) in [5, 5.41) is 14.3. The summed E-state index contributed by atoms with van der Waals surface area (Å²) in [5.74, 6) is -0.584. The number of nitro groups is 1. The second-order valence-corrected chi connectivity index (χ2v) is 9.42. The number of rotatable bonds is 8. The molecule has 1 aliphatic heterocycles. The highest BCUT2D eigenvalue weighted by molar-refractivity contribution is 5.96. The van der Waals surface area contributed by atoms with Gasteiger partial charge in [-0.1, -0.05) is 18.2 Å². The van der Waals surface area contributed by atoms with Crippen LogP contribution in [0, 0.1) is 22.9 Å². The van der Waals surface area contributed by atoms with Gasteiger partial charge in [-0.05, 0) is 55.0 Å². The van der Waals surface area contributed by atoms with Gasteiger partial charge in [-0.3, -0.25) is 19.8 Å². The molecule has 0 bridgehead atoms. The number of anilines is 2. The molecule has 4 rings (SSSR count). The zero-order valence-electron chi connectivity index (χ0n) is 21.4. The molecule has 1 aliphatic rings. The third-order valence-electron chi connectivity index (χ3n) is 6.94. The van der Waals surface area contributed by atoms with Crippen LogP contribution in [0.2, 0.25) is 0 Å². The molecule has 9 heteroatoms. The first-order valence-corrected chi connectivity index (χ1v) is 12.3. The fourth-order valence-corrected chi connectivity index (χ4v) is 4.75. The number of carbonyl (C=O) groups is 1. The molecule has 1 N–H and O–H groups in total. The Labute approximate surface area is 216 Å². The normalized spacial score (nSPS) is 14.8. The van der Waals surface area contributed by atoms with Gasteiger partial charge in [-0.25, -0.2) is 4.39 Å². The molecule has 1 amide bonds. The van der Waals surface area contributed by atoms with Crippen LogP contribution in [0.4, 0.5) is 21.5 Å². The zero-order valence-corrected chi connectivity index (χ0v) is 21.4. The molecule has 1 heterocycles. The molecule has 0 radical (unpaired) electrons. The van der Waals surface area contributed by atoms with Gasteiger partial charge < -0.3 is 15.1 Å². The van der Waals surface area contributed by atoms with E-state index in [0.717, 1.165) is 43.1 Å². The van der Waals surface area contributed by atoms with Gasteiger partial charge in [0.1, 0.15) is 5.82 Å². The molecule has 0 saturated carbocycles. The number of hydrogen-bond acceptors (Lipinski definition) is 6. The molecule has 0 aromatic heterocycles. The molecular formula is C28H32FN5O3. The van der Waals surface area contributed by atoms with Gasteiger partial charge in [-0.2, -0.15) is 0 Å². The van der Waals surface area contributed by atoms with E-state index >= 15 is 0 Å². The molecule has 3 aromatic carbocycles. The van der Waals surface area contributed by atoms with Crippen molar-refractivity contribution >= 4 is 23.0 Å². The number of nitro benzene ring substituents is 1. The Hall–Kier alpha value is -3.98. The minimum Gasteiger partial charge on any atom is -0.378 e. The summed E-state index contributed by atoms with van der Waals surface area (Å²) in [6.07, 6.45) is 0. The van der Waals surface area contributed by atoms with E-state index in [1.165, 1.54) is 24.3 Å². The van der Waals surface area contributed by atoms with Crippen LogP contribution in [0.3, 0.4) is 0 Å². The van der Waals surface area contributed by atoms with Crippen LogP contribution in [-0.4, -0.2) is 62.5 Å². The Morgan fingerprint density at radius 1 is 1.03 bits per heavy atom. The van der Waals surface area contributed by atoms with Crippen LogP contribution in [0.1, 0.15) is 27.5 Å². The first kappa shape index (κ1) is 26.1. The average Bonchev–Trinajstić information content (AvgIpc) is 2.90. The van der Waals surface area contributed by atoms with Crippen molar-refractivity contribution in [1.82, 2.24) is 10.2 Å². The number of amides is 1. The van der Waals surface area contributed by atoms with Crippen molar-refractivity contribution in [2.45, 2.75) is 13.0 Å². The van der Waals surface area contributed by atoms with Crippen LogP contribution < -0.4 is 15.1 Å². The molecule has 194 valence electrons. The highest BCUT2D eigenvalue weighted by Gasteiger charge is 2.27. The molecule has 1 unspecified atom stereocenters. The third kappa shape index (κ3) is 6.06. The largest absolute Gasteiger partial charge is 0.378 e. The summed E-state index contributed by atoms with van der Waals surface area (Å²) >= 11 is 0. The van der Waals surface area contributed by atoms with E-state index in [0.29, 0.717) is 17.7 Å². The zero-order chi connectivity index (χ0) is 26.5. The van der Waals surface area contributed by atoms with Crippen molar-refractivity contribution in [3.05, 3.63) is 99.4 Å². The van der Waals surface area contributed by atoms with E-state index in [-0.39, 0.29) is 23.5 Å². The predicted molar refractivity (Wildman–Crippen MR) is 144 cm³/mol. The Kier molecular flexibility index (Phi) is 8.03. The van der Waals surface area contributed by atoms with Crippen LogP contribution in [0.5, 0.6) is 0 Å². The van der Waals surface area contributed by atoms with Gasteiger partial charge in [0, 0.05) is 75.4 Å². The first-order valence-electron chi connectivity index (χ1n) is 12.3. The van der Waals surface area contributed by atoms with Crippen molar-refractivity contribution in [2.24, 2.45) is 0 Å². The lowest BCUT2D eigenvalue weighted by Crippen LogP contribution is -2.50. The summed E-state index contributed by atoms with van der Waals surface area (Å²) in [6.45, 7) is 5.04. The van der Waals surface area contributed by atoms with Crippen molar-refractivity contribution < 1.29 is 14.1 Å². The smallest absolute Gasteiger partial charge is 0.273 e. The van der Waals surface area contributed by atoms with Gasteiger partial charge in [0.05, 0.1) is 11.0 Å². The SMILES string of the molecule is Cc1c(C(=O)NCC(c2ccc(N(C)C)cc2)N2CCN(c3ccc(F)cc3)CC2)cccc1[N+](=O)[O-]. The molecule has 8 nitrogen and oxygen atoms in total. The van der Waals surface area contributed by atoms with Gasteiger partial charge in [0.15, 0.2) is 0 Å². The van der Waals surface area contributed by atoms with Gasteiger partial charge >= 0.3 is 0 Å². The summed E-state index contributed by atoms with van der Waals surface area (Å²) in [7, 11) is 3.98. The van der Waals surface area contributed by atoms with Crippen LogP contribution in [0.25, 0.3) is 0 Å². The van der Waals surface area contributed by atoms with E-state index in [1.807, 2.05) is 19.0 Å². The van der Waals surface area contributed by atoms with Crippen LogP contribution in [-0.2, 0) is 0 Å². The lowest BCUT2D eigenvalue weighted by Gasteiger charge is -2.40. The van der Waals surface area contributed by atoms with Gasteiger partial charge in [0.25, 0.3) is 11.6 Å². The number of benzene rings is 3. The van der Waals surface area contributed by atoms with Crippen molar-refractivity contribution in [1.29, 1.82) is 0 Å². The lowest BCUT2D eigenvalue weighted by molar-refractivity contribution is -0.385. The second-order valence-electron chi connectivity index (χ2n) is 9.42. The Bertz CT molecular complexity index is 1240. The van der Waals surface area contributed by atoms with E-state index in [9.17, 15) is 19.3 Å². The number of piperazine rings is 1. The Balaban J connectivity index is 1.51. The Morgan fingerprint density at radius 3 is 2.27 bits per heavy atom. The number of carbonyl (C=O) groups excluding carboxylic acids is 1. The highest BCUT2D eigenvalue weighted by atomic mass is 19.1. The number of halogens is 1. The van der Waals surface area contributed by atoms with Crippen molar-refractivity contribution in [2.75, 3.05) is 56.6 Å². The number of hydrogen-bond donors (Lipinski definition) is 1. The predicted octanol–water partition coefficient (Wildman–Crippen LogP) is 4.40. The first-order chi connectivity index (χ1) is 17.7. The van der Waals surface area contributed by atoms with E-state index in [1.54, 1.807) is 25.1 Å². The minimum absolute atomic E-state index is 0.0691. The molecule has 3 aromatic rings. The van der Waals surface area contributed by atoms with Gasteiger partial charge in [0.2, 0.25) is 0 Å². The summed E-state index contributed by atoms with van der Waals surface area (Å²) < 4.78 is 13.3. The lowest BCUT2D eigenvalue weighted by atomic mass is 10.0. The fourth-order valence-electron chi connectivity index (χ4n) is 4.75. The standard InChI is InChI=1S/C28H32FN5O3/c1-20-25(5-4-6-26(20)34(36)37)28(35)30-19-27(21-7-11-23(12-8-21)31(2)3)33-17-15-32(16-18-33)24-13-9-22(29)10-14-24/h4-14,27H,15-19H2,1-3H3,(H,30,35). The quantitative estimate of drug-likeness (QED) is 0.361.